The van der Waals surface area contributed by atoms with Crippen molar-refractivity contribution in [2.24, 2.45) is 0 Å². The van der Waals surface area contributed by atoms with Crippen LogP contribution in [0.3, 0.4) is 0 Å². The van der Waals surface area contributed by atoms with Crippen LogP contribution in [-0.4, -0.2) is 18.3 Å². The number of unbranched alkanes of at least 4 members (excludes halogenated alkanes) is 3. The minimum atomic E-state index is 0.321. The Labute approximate surface area is 127 Å². The van der Waals surface area contributed by atoms with Crippen LogP contribution in [0.1, 0.15) is 31.2 Å². The number of aliphatic hydroxyl groups is 1. The van der Waals surface area contributed by atoms with E-state index in [4.69, 9.17) is 5.11 Å². The Balaban J connectivity index is 1.71. The quantitative estimate of drug-likeness (QED) is 0.682. The van der Waals surface area contributed by atoms with E-state index in [1.54, 1.807) is 0 Å². The van der Waals surface area contributed by atoms with E-state index in [1.165, 1.54) is 29.5 Å². The van der Waals surface area contributed by atoms with Crippen molar-refractivity contribution in [3.8, 4) is 11.1 Å². The second-order valence-corrected chi connectivity index (χ2v) is 5.38. The van der Waals surface area contributed by atoms with Crippen LogP contribution in [-0.2, 0) is 6.54 Å². The van der Waals surface area contributed by atoms with Crippen molar-refractivity contribution in [3.05, 3.63) is 60.2 Å². The highest BCUT2D eigenvalue weighted by Crippen LogP contribution is 2.19. The fraction of sp³-hybridized carbons (Fsp3) is 0.368. The van der Waals surface area contributed by atoms with Crippen LogP contribution in [0, 0.1) is 0 Å². The third-order valence-electron chi connectivity index (χ3n) is 3.65. The highest BCUT2D eigenvalue weighted by Gasteiger charge is 1.97. The first-order valence-electron chi connectivity index (χ1n) is 7.86. The van der Waals surface area contributed by atoms with Gasteiger partial charge in [0, 0.05) is 13.2 Å². The molecule has 0 aliphatic carbocycles. The lowest BCUT2D eigenvalue weighted by atomic mass is 10.0. The smallest absolute Gasteiger partial charge is 0.0431 e. The van der Waals surface area contributed by atoms with E-state index in [0.717, 1.165) is 25.9 Å². The zero-order valence-corrected chi connectivity index (χ0v) is 12.6. The number of hydrogen-bond donors (Lipinski definition) is 2. The zero-order valence-electron chi connectivity index (χ0n) is 12.6. The maximum absolute atomic E-state index is 8.71. The molecule has 2 rings (SSSR count). The van der Waals surface area contributed by atoms with Gasteiger partial charge in [-0.3, -0.25) is 0 Å². The van der Waals surface area contributed by atoms with Crippen LogP contribution in [0.5, 0.6) is 0 Å². The number of nitrogens with one attached hydrogen (secondary N) is 1. The Morgan fingerprint density at radius 1 is 0.714 bits per heavy atom. The molecular weight excluding hydrogens is 258 g/mol. The Kier molecular flexibility index (Phi) is 6.99. The van der Waals surface area contributed by atoms with Crippen LogP contribution < -0.4 is 5.32 Å². The Hall–Kier alpha value is -1.64. The maximum atomic E-state index is 8.71. The molecule has 2 nitrogen and oxygen atoms in total. The van der Waals surface area contributed by atoms with Crippen LogP contribution >= 0.6 is 0 Å². The van der Waals surface area contributed by atoms with Gasteiger partial charge in [-0.1, -0.05) is 67.4 Å². The predicted molar refractivity (Wildman–Crippen MR) is 89.1 cm³/mol. The number of hydrogen-bond acceptors (Lipinski definition) is 2. The molecule has 2 N–H and O–H groups in total. The average molecular weight is 283 g/mol. The summed E-state index contributed by atoms with van der Waals surface area (Å²) < 4.78 is 0. The number of benzene rings is 2. The molecule has 21 heavy (non-hydrogen) atoms. The molecule has 0 spiro atoms. The minimum Gasteiger partial charge on any atom is -0.396 e. The van der Waals surface area contributed by atoms with Gasteiger partial charge in [-0.2, -0.15) is 0 Å². The summed E-state index contributed by atoms with van der Waals surface area (Å²) in [6.07, 6.45) is 4.44. The Morgan fingerprint density at radius 2 is 1.38 bits per heavy atom. The Morgan fingerprint density at radius 3 is 2.10 bits per heavy atom. The number of aliphatic hydroxyl groups excluding tert-OH is 1. The Bertz CT molecular complexity index is 493. The summed E-state index contributed by atoms with van der Waals surface area (Å²) >= 11 is 0. The van der Waals surface area contributed by atoms with E-state index in [2.05, 4.69) is 53.8 Å². The molecule has 0 unspecified atom stereocenters. The lowest BCUT2D eigenvalue weighted by Crippen LogP contribution is -2.14. The molecule has 2 aromatic carbocycles. The van der Waals surface area contributed by atoms with E-state index >= 15 is 0 Å². The molecular formula is C19H25NO. The van der Waals surface area contributed by atoms with Crippen molar-refractivity contribution in [2.75, 3.05) is 13.2 Å². The van der Waals surface area contributed by atoms with Crippen molar-refractivity contribution in [1.29, 1.82) is 0 Å². The molecule has 0 saturated heterocycles. The molecule has 0 saturated carbocycles. The van der Waals surface area contributed by atoms with Crippen LogP contribution in [0.4, 0.5) is 0 Å². The van der Waals surface area contributed by atoms with Gasteiger partial charge in [0.2, 0.25) is 0 Å². The minimum absolute atomic E-state index is 0.321. The summed E-state index contributed by atoms with van der Waals surface area (Å²) in [5.41, 5.74) is 3.86. The molecule has 0 heterocycles. The molecule has 0 radical (unpaired) electrons. The number of rotatable bonds is 9. The molecule has 112 valence electrons. The summed E-state index contributed by atoms with van der Waals surface area (Å²) in [6.45, 7) is 2.29. The van der Waals surface area contributed by atoms with E-state index in [1.807, 2.05) is 6.07 Å². The third kappa shape index (κ3) is 5.70. The second kappa shape index (κ2) is 9.32. The molecule has 0 fully saturated rings. The highest BCUT2D eigenvalue weighted by atomic mass is 16.2. The summed E-state index contributed by atoms with van der Waals surface area (Å²) in [5.74, 6) is 0. The van der Waals surface area contributed by atoms with Crippen molar-refractivity contribution in [1.82, 2.24) is 5.32 Å². The van der Waals surface area contributed by atoms with Crippen molar-refractivity contribution in [2.45, 2.75) is 32.2 Å². The van der Waals surface area contributed by atoms with Gasteiger partial charge in [0.1, 0.15) is 0 Å². The normalized spacial score (nSPS) is 10.7. The molecule has 0 bridgehead atoms. The van der Waals surface area contributed by atoms with Crippen LogP contribution in [0.15, 0.2) is 54.6 Å². The molecule has 0 amide bonds. The summed E-state index contributed by atoms with van der Waals surface area (Å²) in [5, 5.41) is 12.2. The third-order valence-corrected chi connectivity index (χ3v) is 3.65. The van der Waals surface area contributed by atoms with Gasteiger partial charge in [0.15, 0.2) is 0 Å². The van der Waals surface area contributed by atoms with E-state index < -0.39 is 0 Å². The monoisotopic (exact) mass is 283 g/mol. The molecule has 2 aromatic rings. The lowest BCUT2D eigenvalue weighted by Gasteiger charge is -2.06. The SMILES string of the molecule is OCCCCCCNCc1ccc(-c2ccccc2)cc1. The highest BCUT2D eigenvalue weighted by molar-refractivity contribution is 5.63. The average Bonchev–Trinajstić information content (AvgIpc) is 2.55. The van der Waals surface area contributed by atoms with Gasteiger partial charge in [-0.15, -0.1) is 0 Å². The summed E-state index contributed by atoms with van der Waals surface area (Å²) in [7, 11) is 0. The van der Waals surface area contributed by atoms with E-state index in [-0.39, 0.29) is 0 Å². The van der Waals surface area contributed by atoms with Crippen LogP contribution in [0.2, 0.25) is 0 Å². The standard InChI is InChI=1S/C19H25NO/c21-15-7-2-1-6-14-20-16-17-10-12-19(13-11-17)18-8-4-3-5-9-18/h3-5,8-13,20-21H,1-2,6-7,14-16H2. The van der Waals surface area contributed by atoms with E-state index in [9.17, 15) is 0 Å². The fourth-order valence-corrected chi connectivity index (χ4v) is 2.39. The van der Waals surface area contributed by atoms with Gasteiger partial charge < -0.3 is 10.4 Å². The van der Waals surface area contributed by atoms with Gasteiger partial charge in [0.05, 0.1) is 0 Å². The molecule has 0 atom stereocenters. The first-order valence-corrected chi connectivity index (χ1v) is 7.86. The molecule has 2 heteroatoms. The van der Waals surface area contributed by atoms with Gasteiger partial charge in [-0.25, -0.2) is 0 Å². The first-order chi connectivity index (χ1) is 10.4. The molecule has 0 aromatic heterocycles. The maximum Gasteiger partial charge on any atom is 0.0431 e. The topological polar surface area (TPSA) is 32.3 Å². The van der Waals surface area contributed by atoms with Gasteiger partial charge in [0.25, 0.3) is 0 Å². The van der Waals surface area contributed by atoms with Crippen molar-refractivity contribution >= 4 is 0 Å². The largest absolute Gasteiger partial charge is 0.396 e. The predicted octanol–water partition coefficient (Wildman–Crippen LogP) is 4.00. The van der Waals surface area contributed by atoms with Gasteiger partial charge in [-0.05, 0) is 36.1 Å². The van der Waals surface area contributed by atoms with Crippen molar-refractivity contribution in [3.63, 3.8) is 0 Å². The summed E-state index contributed by atoms with van der Waals surface area (Å²) in [6, 6.07) is 19.2. The molecule has 0 aliphatic heterocycles. The second-order valence-electron chi connectivity index (χ2n) is 5.38. The fourth-order valence-electron chi connectivity index (χ4n) is 2.39. The zero-order chi connectivity index (χ0) is 14.8. The first kappa shape index (κ1) is 15.7. The van der Waals surface area contributed by atoms with Crippen LogP contribution in [0.25, 0.3) is 11.1 Å². The summed E-state index contributed by atoms with van der Waals surface area (Å²) in [4.78, 5) is 0. The van der Waals surface area contributed by atoms with Gasteiger partial charge >= 0.3 is 0 Å². The van der Waals surface area contributed by atoms with E-state index in [0.29, 0.717) is 6.61 Å². The lowest BCUT2D eigenvalue weighted by molar-refractivity contribution is 0.282. The van der Waals surface area contributed by atoms with Crippen molar-refractivity contribution < 1.29 is 5.11 Å². The molecule has 0 aliphatic rings.